The molecule has 0 amide bonds. The summed E-state index contributed by atoms with van der Waals surface area (Å²) in [5.74, 6) is 0.871. The third kappa shape index (κ3) is 4.82. The summed E-state index contributed by atoms with van der Waals surface area (Å²) in [7, 11) is 1.53. The smallest absolute Gasteiger partial charge is 0.338 e. The second-order valence-electron chi connectivity index (χ2n) is 7.23. The van der Waals surface area contributed by atoms with Gasteiger partial charge in [0.2, 0.25) is 0 Å². The predicted octanol–water partition coefficient (Wildman–Crippen LogP) is 5.58. The summed E-state index contributed by atoms with van der Waals surface area (Å²) < 4.78 is 13.2. The molecule has 0 aliphatic carbocycles. The second-order valence-corrected chi connectivity index (χ2v) is 7.23. The van der Waals surface area contributed by atoms with E-state index < -0.39 is 5.97 Å². The molecule has 7 nitrogen and oxygen atoms in total. The molecule has 0 saturated heterocycles. The fraction of sp³-hybridized carbons (Fsp3) is 0.154. The lowest BCUT2D eigenvalue weighted by Gasteiger charge is -2.12. The van der Waals surface area contributed by atoms with Gasteiger partial charge in [-0.15, -0.1) is 0 Å². The first-order chi connectivity index (χ1) is 16.1. The molecule has 4 rings (SSSR count). The van der Waals surface area contributed by atoms with Crippen LogP contribution in [0.3, 0.4) is 0 Å². The molecule has 0 aliphatic rings. The van der Waals surface area contributed by atoms with E-state index >= 15 is 0 Å². The number of oxime groups is 1. The van der Waals surface area contributed by atoms with Gasteiger partial charge < -0.3 is 24.0 Å². The molecular weight excluding hydrogens is 420 g/mol. The van der Waals surface area contributed by atoms with Gasteiger partial charge in [-0.25, -0.2) is 4.79 Å². The molecule has 0 radical (unpaired) electrons. The fourth-order valence-corrected chi connectivity index (χ4v) is 3.62. The van der Waals surface area contributed by atoms with Gasteiger partial charge in [0.05, 0.1) is 30.1 Å². The zero-order chi connectivity index (χ0) is 23.2. The number of para-hydroxylation sites is 1. The Balaban J connectivity index is 1.73. The van der Waals surface area contributed by atoms with Crippen LogP contribution in [-0.2, 0) is 11.4 Å². The van der Waals surface area contributed by atoms with E-state index in [0.717, 1.165) is 16.8 Å². The summed E-state index contributed by atoms with van der Waals surface area (Å²) in [4.78, 5) is 17.3. The van der Waals surface area contributed by atoms with Crippen LogP contribution in [0.15, 0.2) is 84.1 Å². The molecule has 0 spiro atoms. The molecule has 0 aliphatic heterocycles. The first kappa shape index (κ1) is 22.0. The third-order valence-electron chi connectivity index (χ3n) is 5.09. The molecule has 168 valence electrons. The number of methoxy groups -OCH3 is 1. The largest absolute Gasteiger partial charge is 0.496 e. The Morgan fingerprint density at radius 2 is 1.76 bits per heavy atom. The maximum Gasteiger partial charge on any atom is 0.338 e. The van der Waals surface area contributed by atoms with Crippen molar-refractivity contribution >= 4 is 22.6 Å². The molecular formula is C26H24N2O5. The number of hydrogen-bond acceptors (Lipinski definition) is 5. The molecule has 7 heteroatoms. The first-order valence-corrected chi connectivity index (χ1v) is 10.5. The van der Waals surface area contributed by atoms with Crippen molar-refractivity contribution in [3.63, 3.8) is 0 Å². The van der Waals surface area contributed by atoms with Gasteiger partial charge in [-0.3, -0.25) is 0 Å². The van der Waals surface area contributed by atoms with Gasteiger partial charge in [0, 0.05) is 11.8 Å². The number of aromatic nitrogens is 1. The Hall–Kier alpha value is -4.26. The number of nitrogens with zero attached hydrogens (tertiary/aromatic N) is 2. The predicted molar refractivity (Wildman–Crippen MR) is 127 cm³/mol. The zero-order valence-corrected chi connectivity index (χ0v) is 18.4. The third-order valence-corrected chi connectivity index (χ3v) is 5.09. The van der Waals surface area contributed by atoms with Crippen LogP contribution in [0.2, 0.25) is 0 Å². The van der Waals surface area contributed by atoms with Crippen LogP contribution < -0.4 is 9.47 Å². The summed E-state index contributed by atoms with van der Waals surface area (Å²) >= 11 is 0. The fourth-order valence-electron chi connectivity index (χ4n) is 3.62. The lowest BCUT2D eigenvalue weighted by Crippen LogP contribution is -2.12. The van der Waals surface area contributed by atoms with Crippen LogP contribution in [0, 0.1) is 0 Å². The van der Waals surface area contributed by atoms with Gasteiger partial charge in [-0.05, 0) is 43.3 Å². The Bertz CT molecular complexity index is 1290. The van der Waals surface area contributed by atoms with Gasteiger partial charge in [-0.2, -0.15) is 0 Å². The summed E-state index contributed by atoms with van der Waals surface area (Å²) in [5.41, 5.74) is 2.33. The number of benzene rings is 3. The van der Waals surface area contributed by atoms with Crippen LogP contribution in [-0.4, -0.2) is 35.1 Å². The quantitative estimate of drug-likeness (QED) is 0.269. The number of aromatic carboxylic acids is 1. The normalized spacial score (nSPS) is 11.4. The van der Waals surface area contributed by atoms with E-state index in [0.29, 0.717) is 35.7 Å². The molecule has 1 aromatic heterocycles. The molecule has 0 bridgehead atoms. The SMILES string of the molecule is CCO/N=C(\Cn1cc(C(=O)O)c2c(OC)cccc21)c1cccc(Oc2ccccc2)c1. The second kappa shape index (κ2) is 9.91. The molecule has 33 heavy (non-hydrogen) atoms. The van der Waals surface area contributed by atoms with Gasteiger partial charge in [0.15, 0.2) is 0 Å². The number of carboxylic acid groups (broad SMARTS) is 1. The minimum Gasteiger partial charge on any atom is -0.496 e. The Kier molecular flexibility index (Phi) is 6.59. The number of fused-ring (bicyclic) bond motifs is 1. The van der Waals surface area contributed by atoms with E-state index in [2.05, 4.69) is 5.16 Å². The van der Waals surface area contributed by atoms with Crippen molar-refractivity contribution in [1.82, 2.24) is 4.57 Å². The molecule has 0 saturated carbocycles. The summed E-state index contributed by atoms with van der Waals surface area (Å²) in [5, 5.41) is 14.6. The van der Waals surface area contributed by atoms with Crippen molar-refractivity contribution in [3.05, 3.63) is 90.1 Å². The van der Waals surface area contributed by atoms with E-state index in [1.54, 1.807) is 12.3 Å². The Labute approximate surface area is 191 Å². The highest BCUT2D eigenvalue weighted by atomic mass is 16.6. The molecule has 0 unspecified atom stereocenters. The van der Waals surface area contributed by atoms with Crippen molar-refractivity contribution in [1.29, 1.82) is 0 Å². The monoisotopic (exact) mass is 444 g/mol. The number of carboxylic acids is 1. The van der Waals surface area contributed by atoms with Crippen molar-refractivity contribution < 1.29 is 24.2 Å². The van der Waals surface area contributed by atoms with Crippen molar-refractivity contribution in [3.8, 4) is 17.2 Å². The average molecular weight is 444 g/mol. The maximum absolute atomic E-state index is 11.9. The maximum atomic E-state index is 11.9. The molecule has 0 atom stereocenters. The topological polar surface area (TPSA) is 82.3 Å². The van der Waals surface area contributed by atoms with E-state index in [-0.39, 0.29) is 5.56 Å². The van der Waals surface area contributed by atoms with Crippen molar-refractivity contribution in [2.75, 3.05) is 13.7 Å². The molecule has 1 heterocycles. The molecule has 4 aromatic rings. The number of ether oxygens (including phenoxy) is 2. The molecule has 0 fully saturated rings. The standard InChI is InChI=1S/C26H24N2O5/c1-3-32-27-22(18-9-7-12-20(15-18)33-19-10-5-4-6-11-19)17-28-16-21(26(29)30)25-23(28)13-8-14-24(25)31-2/h4-16H,3,17H2,1-2H3,(H,29,30)/b27-22+. The lowest BCUT2D eigenvalue weighted by atomic mass is 10.1. The van der Waals surface area contributed by atoms with Crippen molar-refractivity contribution in [2.24, 2.45) is 5.16 Å². The number of hydrogen-bond donors (Lipinski definition) is 1. The van der Waals surface area contributed by atoms with E-state index in [1.807, 2.05) is 78.2 Å². The van der Waals surface area contributed by atoms with Gasteiger partial charge in [0.1, 0.15) is 29.6 Å². The Morgan fingerprint density at radius 1 is 1.00 bits per heavy atom. The Morgan fingerprint density at radius 3 is 2.48 bits per heavy atom. The van der Waals surface area contributed by atoms with E-state index in [9.17, 15) is 9.90 Å². The number of rotatable bonds is 9. The summed E-state index contributed by atoms with van der Waals surface area (Å²) in [6.45, 7) is 2.56. The highest BCUT2D eigenvalue weighted by Gasteiger charge is 2.19. The highest BCUT2D eigenvalue weighted by Crippen LogP contribution is 2.31. The first-order valence-electron chi connectivity index (χ1n) is 10.5. The van der Waals surface area contributed by atoms with Crippen LogP contribution >= 0.6 is 0 Å². The zero-order valence-electron chi connectivity index (χ0n) is 18.4. The van der Waals surface area contributed by atoms with Gasteiger partial charge in [0.25, 0.3) is 0 Å². The van der Waals surface area contributed by atoms with Crippen LogP contribution in [0.5, 0.6) is 17.2 Å². The minimum absolute atomic E-state index is 0.166. The van der Waals surface area contributed by atoms with Crippen LogP contribution in [0.25, 0.3) is 10.9 Å². The molecule has 3 aromatic carbocycles. The van der Waals surface area contributed by atoms with E-state index in [4.69, 9.17) is 14.3 Å². The highest BCUT2D eigenvalue weighted by molar-refractivity contribution is 6.07. The van der Waals surface area contributed by atoms with Gasteiger partial charge in [-0.1, -0.05) is 41.6 Å². The van der Waals surface area contributed by atoms with E-state index in [1.165, 1.54) is 7.11 Å². The summed E-state index contributed by atoms with van der Waals surface area (Å²) in [6.07, 6.45) is 1.60. The minimum atomic E-state index is -1.02. The van der Waals surface area contributed by atoms with Gasteiger partial charge >= 0.3 is 5.97 Å². The average Bonchev–Trinajstić information content (AvgIpc) is 3.21. The molecule has 1 N–H and O–H groups in total. The lowest BCUT2D eigenvalue weighted by molar-refractivity contribution is 0.0698. The van der Waals surface area contributed by atoms with Crippen molar-refractivity contribution in [2.45, 2.75) is 13.5 Å². The number of carbonyl (C=O) groups is 1. The van der Waals surface area contributed by atoms with Crippen LogP contribution in [0.4, 0.5) is 0 Å². The van der Waals surface area contributed by atoms with Crippen LogP contribution in [0.1, 0.15) is 22.8 Å². The summed E-state index contributed by atoms with van der Waals surface area (Å²) in [6, 6.07) is 22.5.